The van der Waals surface area contributed by atoms with Crippen molar-refractivity contribution in [3.05, 3.63) is 28.8 Å². The second-order valence-corrected chi connectivity index (χ2v) is 7.80. The Bertz CT molecular complexity index is 691. The summed E-state index contributed by atoms with van der Waals surface area (Å²) in [5, 5.41) is 3.24. The van der Waals surface area contributed by atoms with Crippen LogP contribution in [0, 0.1) is 5.92 Å². The molecular formula is C19H27Cl2N3O3. The Labute approximate surface area is 171 Å². The molecule has 2 atom stereocenters. The van der Waals surface area contributed by atoms with Crippen LogP contribution in [0.25, 0.3) is 0 Å². The average Bonchev–Trinajstić information content (AvgIpc) is 2.61. The summed E-state index contributed by atoms with van der Waals surface area (Å²) < 4.78 is 5.27. The second-order valence-electron chi connectivity index (χ2n) is 7.39. The number of hydrogen-bond acceptors (Lipinski definition) is 4. The fourth-order valence-electron chi connectivity index (χ4n) is 3.72. The molecule has 27 heavy (non-hydrogen) atoms. The lowest BCUT2D eigenvalue weighted by atomic mass is 9.74. The maximum absolute atomic E-state index is 12.6. The molecule has 1 aromatic rings. The van der Waals surface area contributed by atoms with Gasteiger partial charge in [-0.25, -0.2) is 0 Å². The van der Waals surface area contributed by atoms with Gasteiger partial charge in [0.15, 0.2) is 0 Å². The van der Waals surface area contributed by atoms with E-state index in [1.54, 1.807) is 23.1 Å². The molecule has 0 radical (unpaired) electrons. The summed E-state index contributed by atoms with van der Waals surface area (Å²) in [5.74, 6) is -0.416. The molecule has 2 aliphatic rings. The molecule has 1 saturated carbocycles. The molecule has 3 N–H and O–H groups in total. The number of nitrogens with two attached hydrogens (primary N) is 1. The van der Waals surface area contributed by atoms with E-state index < -0.39 is 5.54 Å². The maximum atomic E-state index is 12.6. The van der Waals surface area contributed by atoms with Crippen LogP contribution in [-0.4, -0.2) is 48.6 Å². The Kier molecular flexibility index (Phi) is 7.51. The molecule has 1 saturated heterocycles. The zero-order valence-electron chi connectivity index (χ0n) is 15.5. The molecule has 150 valence electrons. The van der Waals surface area contributed by atoms with E-state index in [1.165, 1.54) is 0 Å². The number of carbonyl (C=O) groups excluding carboxylic acids is 2. The number of nitrogens with one attached hydrogen (secondary N) is 1. The van der Waals surface area contributed by atoms with Crippen molar-refractivity contribution in [2.45, 2.75) is 38.1 Å². The van der Waals surface area contributed by atoms with Gasteiger partial charge in [-0.3, -0.25) is 9.59 Å². The van der Waals surface area contributed by atoms with E-state index in [0.717, 1.165) is 25.7 Å². The van der Waals surface area contributed by atoms with E-state index >= 15 is 0 Å². The summed E-state index contributed by atoms with van der Waals surface area (Å²) in [5.41, 5.74) is 6.84. The molecule has 1 aliphatic heterocycles. The van der Waals surface area contributed by atoms with Crippen molar-refractivity contribution >= 4 is 41.5 Å². The minimum Gasteiger partial charge on any atom is -0.378 e. The zero-order chi connectivity index (χ0) is 18.7. The Balaban J connectivity index is 0.00000261. The Hall–Kier alpha value is -1.34. The van der Waals surface area contributed by atoms with E-state index in [-0.39, 0.29) is 30.1 Å². The number of rotatable bonds is 3. The van der Waals surface area contributed by atoms with Crippen LogP contribution >= 0.6 is 24.0 Å². The molecule has 1 heterocycles. The predicted octanol–water partition coefficient (Wildman–Crippen LogP) is 3.08. The normalized spacial score (nSPS) is 25.4. The van der Waals surface area contributed by atoms with Gasteiger partial charge in [0, 0.05) is 24.3 Å². The van der Waals surface area contributed by atoms with Crippen LogP contribution in [0.2, 0.25) is 5.02 Å². The molecule has 3 rings (SSSR count). The molecule has 0 bridgehead atoms. The van der Waals surface area contributed by atoms with E-state index in [9.17, 15) is 9.59 Å². The number of halogens is 2. The molecule has 1 aliphatic carbocycles. The molecule has 6 nitrogen and oxygen atoms in total. The second kappa shape index (κ2) is 9.24. The van der Waals surface area contributed by atoms with Gasteiger partial charge in [0.2, 0.25) is 5.91 Å². The predicted molar refractivity (Wildman–Crippen MR) is 109 cm³/mol. The molecule has 2 amide bonds. The van der Waals surface area contributed by atoms with Crippen molar-refractivity contribution in [3.8, 4) is 0 Å². The number of nitrogens with zero attached hydrogens (tertiary/aromatic N) is 1. The maximum Gasteiger partial charge on any atom is 0.255 e. The van der Waals surface area contributed by atoms with Gasteiger partial charge >= 0.3 is 0 Å². The number of ether oxygens (including phenoxy) is 1. The lowest BCUT2D eigenvalue weighted by Gasteiger charge is -2.37. The number of carbonyl (C=O) groups is 2. The third kappa shape index (κ3) is 5.13. The van der Waals surface area contributed by atoms with Crippen LogP contribution in [0.4, 0.5) is 5.69 Å². The summed E-state index contributed by atoms with van der Waals surface area (Å²) in [6, 6.07) is 5.01. The highest BCUT2D eigenvalue weighted by atomic mass is 35.5. The zero-order valence-corrected chi connectivity index (χ0v) is 17.1. The Morgan fingerprint density at radius 3 is 2.63 bits per heavy atom. The van der Waals surface area contributed by atoms with Crippen LogP contribution in [0.3, 0.4) is 0 Å². The highest BCUT2D eigenvalue weighted by molar-refractivity contribution is 6.34. The molecule has 2 fully saturated rings. The van der Waals surface area contributed by atoms with Crippen LogP contribution < -0.4 is 11.1 Å². The van der Waals surface area contributed by atoms with Crippen molar-refractivity contribution in [3.63, 3.8) is 0 Å². The van der Waals surface area contributed by atoms with Gasteiger partial charge in [-0.15, -0.1) is 12.4 Å². The van der Waals surface area contributed by atoms with E-state index in [1.807, 2.05) is 6.92 Å². The first kappa shape index (κ1) is 22.0. The van der Waals surface area contributed by atoms with Crippen LogP contribution in [-0.2, 0) is 9.53 Å². The van der Waals surface area contributed by atoms with Crippen molar-refractivity contribution in [1.82, 2.24) is 4.90 Å². The number of amides is 2. The number of benzene rings is 1. The quantitative estimate of drug-likeness (QED) is 0.793. The van der Waals surface area contributed by atoms with Crippen LogP contribution in [0.5, 0.6) is 0 Å². The van der Waals surface area contributed by atoms with Gasteiger partial charge in [0.05, 0.1) is 29.7 Å². The molecule has 2 unspecified atom stereocenters. The highest BCUT2D eigenvalue weighted by Gasteiger charge is 2.37. The molecular weight excluding hydrogens is 389 g/mol. The van der Waals surface area contributed by atoms with Gasteiger partial charge in [0.1, 0.15) is 0 Å². The summed E-state index contributed by atoms with van der Waals surface area (Å²) in [7, 11) is 0. The fraction of sp³-hybridized carbons (Fsp3) is 0.579. The third-order valence-corrected chi connectivity index (χ3v) is 5.65. The first-order chi connectivity index (χ1) is 12.4. The van der Waals surface area contributed by atoms with Crippen molar-refractivity contribution in [2.24, 2.45) is 11.7 Å². The monoisotopic (exact) mass is 415 g/mol. The minimum atomic E-state index is -0.488. The summed E-state index contributed by atoms with van der Waals surface area (Å²) >= 11 is 6.31. The van der Waals surface area contributed by atoms with Crippen molar-refractivity contribution in [1.29, 1.82) is 0 Å². The Morgan fingerprint density at radius 1 is 1.30 bits per heavy atom. The van der Waals surface area contributed by atoms with Gasteiger partial charge in [-0.05, 0) is 38.0 Å². The average molecular weight is 416 g/mol. The largest absolute Gasteiger partial charge is 0.378 e. The lowest BCUT2D eigenvalue weighted by molar-refractivity contribution is -0.122. The van der Waals surface area contributed by atoms with Gasteiger partial charge in [-0.2, -0.15) is 0 Å². The molecule has 0 spiro atoms. The third-order valence-electron chi connectivity index (χ3n) is 5.34. The summed E-state index contributed by atoms with van der Waals surface area (Å²) in [6.07, 6.45) is 3.71. The molecule has 0 aromatic heterocycles. The highest BCUT2D eigenvalue weighted by Crippen LogP contribution is 2.33. The topological polar surface area (TPSA) is 84.7 Å². The number of hydrogen-bond donors (Lipinski definition) is 2. The first-order valence-corrected chi connectivity index (χ1v) is 9.52. The number of morpholine rings is 1. The van der Waals surface area contributed by atoms with E-state index in [4.69, 9.17) is 22.1 Å². The summed E-state index contributed by atoms with van der Waals surface area (Å²) in [4.78, 5) is 26.9. The Morgan fingerprint density at radius 2 is 2.00 bits per heavy atom. The first-order valence-electron chi connectivity index (χ1n) is 9.15. The standard InChI is InChI=1S/C19H26ClN3O3.ClH/c1-19(21)7-3-2-4-15(19)17(24)22-13-5-6-14(16(20)12-13)18(25)23-8-10-26-11-9-23;/h5-6,12,15H,2-4,7-11,21H2,1H3,(H,22,24);1H. The van der Waals surface area contributed by atoms with Gasteiger partial charge < -0.3 is 20.7 Å². The van der Waals surface area contributed by atoms with E-state index in [2.05, 4.69) is 5.32 Å². The summed E-state index contributed by atoms with van der Waals surface area (Å²) in [6.45, 7) is 4.13. The van der Waals surface area contributed by atoms with Gasteiger partial charge in [0.25, 0.3) is 5.91 Å². The minimum absolute atomic E-state index is 0. The van der Waals surface area contributed by atoms with E-state index in [0.29, 0.717) is 42.6 Å². The van der Waals surface area contributed by atoms with Crippen LogP contribution in [0.1, 0.15) is 43.0 Å². The molecule has 8 heteroatoms. The SMILES string of the molecule is CC1(N)CCCCC1C(=O)Nc1ccc(C(=O)N2CCOCC2)c(Cl)c1.Cl. The molecule has 1 aromatic carbocycles. The number of anilines is 1. The van der Waals surface area contributed by atoms with Crippen molar-refractivity contribution in [2.75, 3.05) is 31.6 Å². The van der Waals surface area contributed by atoms with Crippen LogP contribution in [0.15, 0.2) is 18.2 Å². The van der Waals surface area contributed by atoms with Gasteiger partial charge in [-0.1, -0.05) is 24.4 Å². The fourth-order valence-corrected chi connectivity index (χ4v) is 3.98. The smallest absolute Gasteiger partial charge is 0.255 e. The lowest BCUT2D eigenvalue weighted by Crippen LogP contribution is -2.51. The van der Waals surface area contributed by atoms with Crippen molar-refractivity contribution < 1.29 is 14.3 Å².